The minimum Gasteiger partial charge on any atom is -0.402 e. The molecule has 0 fully saturated rings. The maximum absolute atomic E-state index is 11.9. The topological polar surface area (TPSA) is 38.7 Å². The van der Waals surface area contributed by atoms with Crippen LogP contribution in [0.2, 0.25) is 0 Å². The summed E-state index contributed by atoms with van der Waals surface area (Å²) in [5, 5.41) is 0. The zero-order valence-electron chi connectivity index (χ0n) is 12.0. The molecule has 1 heterocycles. The molecule has 3 heteroatoms. The molecule has 21 heavy (non-hydrogen) atoms. The fraction of sp³-hybridized carbons (Fsp3) is 0.111. The van der Waals surface area contributed by atoms with E-state index in [0.717, 1.165) is 11.1 Å². The molecule has 1 aliphatic heterocycles. The first-order chi connectivity index (χ1) is 10.1. The summed E-state index contributed by atoms with van der Waals surface area (Å²) >= 11 is 0. The quantitative estimate of drug-likeness (QED) is 0.621. The highest BCUT2D eigenvalue weighted by Gasteiger charge is 2.23. The average molecular weight is 277 g/mol. The number of carbonyl (C=O) groups excluding carboxylic acids is 1. The Morgan fingerprint density at radius 3 is 2.48 bits per heavy atom. The zero-order chi connectivity index (χ0) is 14.8. The minimum atomic E-state index is -0.410. The molecule has 0 bridgehead atoms. The molecule has 0 aromatic heterocycles. The van der Waals surface area contributed by atoms with E-state index in [2.05, 4.69) is 11.9 Å². The van der Waals surface area contributed by atoms with Gasteiger partial charge in [-0.05, 0) is 48.7 Å². The Morgan fingerprint density at radius 1 is 1.00 bits per heavy atom. The molecule has 2 aromatic rings. The van der Waals surface area contributed by atoms with Crippen molar-refractivity contribution < 1.29 is 9.53 Å². The SMILES string of the molecule is Cc1ccc(C=C2N=C(c3ccccc3)OC2=O)cc1C. The van der Waals surface area contributed by atoms with Crippen LogP contribution in [0.15, 0.2) is 59.2 Å². The zero-order valence-corrected chi connectivity index (χ0v) is 12.0. The Balaban J connectivity index is 1.95. The minimum absolute atomic E-state index is 0.331. The van der Waals surface area contributed by atoms with Gasteiger partial charge in [0.2, 0.25) is 5.90 Å². The normalized spacial score (nSPS) is 16.0. The summed E-state index contributed by atoms with van der Waals surface area (Å²) in [5.74, 6) is -0.0530. The van der Waals surface area contributed by atoms with Gasteiger partial charge in [-0.2, -0.15) is 0 Å². The second-order valence-electron chi connectivity index (χ2n) is 5.05. The van der Waals surface area contributed by atoms with Crippen molar-refractivity contribution in [3.05, 3.63) is 76.5 Å². The Morgan fingerprint density at radius 2 is 1.76 bits per heavy atom. The number of esters is 1. The number of carbonyl (C=O) groups is 1. The van der Waals surface area contributed by atoms with Crippen molar-refractivity contribution in [1.29, 1.82) is 0 Å². The van der Waals surface area contributed by atoms with Crippen molar-refractivity contribution in [3.63, 3.8) is 0 Å². The average Bonchev–Trinajstić information content (AvgIpc) is 2.85. The van der Waals surface area contributed by atoms with Gasteiger partial charge in [0.15, 0.2) is 5.70 Å². The number of ether oxygens (including phenoxy) is 1. The molecule has 0 saturated heterocycles. The molecule has 3 nitrogen and oxygen atoms in total. The molecule has 0 spiro atoms. The van der Waals surface area contributed by atoms with Gasteiger partial charge in [0, 0.05) is 5.56 Å². The first-order valence-electron chi connectivity index (χ1n) is 6.79. The lowest BCUT2D eigenvalue weighted by Gasteiger charge is -2.00. The van der Waals surface area contributed by atoms with Crippen LogP contribution in [0.25, 0.3) is 6.08 Å². The van der Waals surface area contributed by atoms with Gasteiger partial charge >= 0.3 is 5.97 Å². The van der Waals surface area contributed by atoms with Crippen LogP contribution in [0.1, 0.15) is 22.3 Å². The van der Waals surface area contributed by atoms with Crippen LogP contribution in [0.5, 0.6) is 0 Å². The predicted octanol–water partition coefficient (Wildman–Crippen LogP) is 3.65. The van der Waals surface area contributed by atoms with E-state index in [4.69, 9.17) is 4.74 Å². The van der Waals surface area contributed by atoms with E-state index in [0.29, 0.717) is 11.6 Å². The van der Waals surface area contributed by atoms with Crippen LogP contribution in [0.4, 0.5) is 0 Å². The monoisotopic (exact) mass is 277 g/mol. The lowest BCUT2D eigenvalue weighted by atomic mass is 10.1. The number of benzene rings is 2. The summed E-state index contributed by atoms with van der Waals surface area (Å²) in [6.45, 7) is 4.10. The fourth-order valence-corrected chi connectivity index (χ4v) is 2.13. The highest BCUT2D eigenvalue weighted by Crippen LogP contribution is 2.20. The Hall–Kier alpha value is -2.68. The molecular weight excluding hydrogens is 262 g/mol. The molecule has 2 aromatic carbocycles. The van der Waals surface area contributed by atoms with E-state index in [9.17, 15) is 4.79 Å². The van der Waals surface area contributed by atoms with Crippen molar-refractivity contribution in [2.45, 2.75) is 13.8 Å². The van der Waals surface area contributed by atoms with Gasteiger partial charge in [0.05, 0.1) is 0 Å². The standard InChI is InChI=1S/C18H15NO2/c1-12-8-9-14(10-13(12)2)11-16-18(20)21-17(19-16)15-6-4-3-5-7-15/h3-11H,1-2H3. The summed E-state index contributed by atoms with van der Waals surface area (Å²) in [6.07, 6.45) is 1.75. The molecule has 0 atom stereocenters. The van der Waals surface area contributed by atoms with E-state index in [1.165, 1.54) is 11.1 Å². The van der Waals surface area contributed by atoms with Crippen molar-refractivity contribution in [2.24, 2.45) is 4.99 Å². The van der Waals surface area contributed by atoms with Gasteiger partial charge in [-0.15, -0.1) is 0 Å². The molecule has 0 aliphatic carbocycles. The summed E-state index contributed by atoms with van der Waals surface area (Å²) in [5.41, 5.74) is 4.48. The summed E-state index contributed by atoms with van der Waals surface area (Å²) in [7, 11) is 0. The smallest absolute Gasteiger partial charge is 0.363 e. The van der Waals surface area contributed by atoms with Crippen molar-refractivity contribution in [2.75, 3.05) is 0 Å². The van der Waals surface area contributed by atoms with Crippen molar-refractivity contribution >= 4 is 17.9 Å². The first kappa shape index (κ1) is 13.3. The second-order valence-corrected chi connectivity index (χ2v) is 5.05. The summed E-state index contributed by atoms with van der Waals surface area (Å²) < 4.78 is 5.23. The van der Waals surface area contributed by atoms with Gasteiger partial charge in [0.25, 0.3) is 0 Å². The van der Waals surface area contributed by atoms with Crippen LogP contribution in [0.3, 0.4) is 0 Å². The third kappa shape index (κ3) is 2.77. The van der Waals surface area contributed by atoms with E-state index in [1.807, 2.05) is 55.5 Å². The third-order valence-corrected chi connectivity index (χ3v) is 3.48. The van der Waals surface area contributed by atoms with Crippen molar-refractivity contribution in [1.82, 2.24) is 0 Å². The third-order valence-electron chi connectivity index (χ3n) is 3.48. The summed E-state index contributed by atoms with van der Waals surface area (Å²) in [6, 6.07) is 15.4. The molecule has 1 aliphatic rings. The molecule has 104 valence electrons. The molecule has 0 amide bonds. The van der Waals surface area contributed by atoms with E-state index in [-0.39, 0.29) is 0 Å². The lowest BCUT2D eigenvalue weighted by Crippen LogP contribution is -2.04. The first-order valence-corrected chi connectivity index (χ1v) is 6.79. The lowest BCUT2D eigenvalue weighted by molar-refractivity contribution is -0.129. The fourth-order valence-electron chi connectivity index (χ4n) is 2.13. The van der Waals surface area contributed by atoms with Crippen LogP contribution in [-0.2, 0) is 9.53 Å². The molecule has 3 rings (SSSR count). The molecular formula is C18H15NO2. The van der Waals surface area contributed by atoms with Gasteiger partial charge in [-0.3, -0.25) is 0 Å². The van der Waals surface area contributed by atoms with E-state index >= 15 is 0 Å². The maximum Gasteiger partial charge on any atom is 0.363 e. The summed E-state index contributed by atoms with van der Waals surface area (Å²) in [4.78, 5) is 16.2. The number of cyclic esters (lactones) is 1. The van der Waals surface area contributed by atoms with Crippen molar-refractivity contribution in [3.8, 4) is 0 Å². The molecule has 0 saturated carbocycles. The highest BCUT2D eigenvalue weighted by atomic mass is 16.6. The van der Waals surface area contributed by atoms with Gasteiger partial charge in [-0.1, -0.05) is 36.4 Å². The highest BCUT2D eigenvalue weighted by molar-refractivity contribution is 6.12. The number of rotatable bonds is 2. The number of aliphatic imine (C=N–C) groups is 1. The number of nitrogens with zero attached hydrogens (tertiary/aromatic N) is 1. The van der Waals surface area contributed by atoms with Gasteiger partial charge < -0.3 is 4.74 Å². The number of hydrogen-bond acceptors (Lipinski definition) is 3. The Labute approximate surface area is 123 Å². The largest absolute Gasteiger partial charge is 0.402 e. The number of aryl methyl sites for hydroxylation is 2. The Kier molecular flexibility index (Phi) is 3.40. The number of hydrogen-bond donors (Lipinski definition) is 0. The van der Waals surface area contributed by atoms with E-state index < -0.39 is 5.97 Å². The van der Waals surface area contributed by atoms with Crippen LogP contribution >= 0.6 is 0 Å². The maximum atomic E-state index is 11.9. The predicted molar refractivity (Wildman–Crippen MR) is 83.0 cm³/mol. The van der Waals surface area contributed by atoms with Crippen LogP contribution in [-0.4, -0.2) is 11.9 Å². The van der Waals surface area contributed by atoms with E-state index in [1.54, 1.807) is 6.08 Å². The second kappa shape index (κ2) is 5.37. The molecule has 0 unspecified atom stereocenters. The Bertz CT molecular complexity index is 758. The van der Waals surface area contributed by atoms with Crippen LogP contribution in [0, 0.1) is 13.8 Å². The molecule has 0 N–H and O–H groups in total. The van der Waals surface area contributed by atoms with Gasteiger partial charge in [-0.25, -0.2) is 9.79 Å². The molecule has 0 radical (unpaired) electrons. The van der Waals surface area contributed by atoms with Crippen LogP contribution < -0.4 is 0 Å². The van der Waals surface area contributed by atoms with Gasteiger partial charge in [0.1, 0.15) is 0 Å².